The molecule has 0 bridgehead atoms. The first kappa shape index (κ1) is 15.3. The van der Waals surface area contributed by atoms with Crippen LogP contribution >= 0.6 is 0 Å². The highest BCUT2D eigenvalue weighted by Gasteiger charge is 2.00. The van der Waals surface area contributed by atoms with E-state index >= 15 is 0 Å². The van der Waals surface area contributed by atoms with Gasteiger partial charge in [-0.25, -0.2) is 0 Å². The Bertz CT molecular complexity index is 466. The first-order valence-electron chi connectivity index (χ1n) is 6.99. The lowest BCUT2D eigenvalue weighted by atomic mass is 10.0. The number of hydrogen-bond donors (Lipinski definition) is 0. The molecule has 0 amide bonds. The number of hydrogen-bond acceptors (Lipinski definition) is 1. The smallest absolute Gasteiger partial charge is 0.119 e. The van der Waals surface area contributed by atoms with Crippen LogP contribution < -0.4 is 4.74 Å². The molecule has 0 radical (unpaired) electrons. The summed E-state index contributed by atoms with van der Waals surface area (Å²) in [6.45, 7) is 10.2. The van der Waals surface area contributed by atoms with Gasteiger partial charge in [0.25, 0.3) is 0 Å². The van der Waals surface area contributed by atoms with Crippen LogP contribution in [0.2, 0.25) is 0 Å². The molecule has 1 heteroatoms. The molecule has 0 aliphatic carbocycles. The molecule has 2 rings (SSSR count). The van der Waals surface area contributed by atoms with Crippen molar-refractivity contribution in [1.29, 1.82) is 0 Å². The molecule has 0 unspecified atom stereocenters. The standard InChI is InChI=1S/C16H18O.C2H6/c1-12(2)17-16-10-8-15(9-11-16)14-6-4-13(3)5-7-14;1-2/h4-12H,1-3H3;1-2H3. The van der Waals surface area contributed by atoms with Gasteiger partial charge in [-0.3, -0.25) is 0 Å². The lowest BCUT2D eigenvalue weighted by Crippen LogP contribution is -2.05. The predicted octanol–water partition coefficient (Wildman–Crippen LogP) is 5.48. The van der Waals surface area contributed by atoms with Crippen molar-refractivity contribution in [1.82, 2.24) is 0 Å². The topological polar surface area (TPSA) is 9.23 Å². The quantitative estimate of drug-likeness (QED) is 0.707. The van der Waals surface area contributed by atoms with E-state index in [4.69, 9.17) is 4.74 Å². The van der Waals surface area contributed by atoms with Crippen molar-refractivity contribution in [2.24, 2.45) is 0 Å². The van der Waals surface area contributed by atoms with Crippen LogP contribution in [0.15, 0.2) is 48.5 Å². The molecule has 0 aliphatic rings. The zero-order chi connectivity index (χ0) is 14.3. The first-order chi connectivity index (χ1) is 9.15. The second-order valence-electron chi connectivity index (χ2n) is 4.56. The normalized spacial score (nSPS) is 9.79. The zero-order valence-corrected chi connectivity index (χ0v) is 12.6. The molecule has 0 fully saturated rings. The maximum atomic E-state index is 5.62. The van der Waals surface area contributed by atoms with Gasteiger partial charge < -0.3 is 4.74 Å². The lowest BCUT2D eigenvalue weighted by molar-refractivity contribution is 0.242. The summed E-state index contributed by atoms with van der Waals surface area (Å²) >= 11 is 0. The summed E-state index contributed by atoms with van der Waals surface area (Å²) in [5.41, 5.74) is 3.75. The van der Waals surface area contributed by atoms with Crippen molar-refractivity contribution in [3.8, 4) is 16.9 Å². The summed E-state index contributed by atoms with van der Waals surface area (Å²) in [7, 11) is 0. The van der Waals surface area contributed by atoms with Gasteiger partial charge in [-0.1, -0.05) is 55.8 Å². The fourth-order valence-electron chi connectivity index (χ4n) is 1.74. The minimum absolute atomic E-state index is 0.222. The molecule has 102 valence electrons. The summed E-state index contributed by atoms with van der Waals surface area (Å²) in [6, 6.07) is 16.8. The molecule has 0 saturated carbocycles. The van der Waals surface area contributed by atoms with Gasteiger partial charge in [-0.2, -0.15) is 0 Å². The number of aryl methyl sites for hydroxylation is 1. The van der Waals surface area contributed by atoms with Gasteiger partial charge in [-0.05, 0) is 44.0 Å². The zero-order valence-electron chi connectivity index (χ0n) is 12.6. The molecule has 2 aromatic carbocycles. The van der Waals surface area contributed by atoms with Gasteiger partial charge >= 0.3 is 0 Å². The summed E-state index contributed by atoms with van der Waals surface area (Å²) in [5.74, 6) is 0.927. The van der Waals surface area contributed by atoms with Gasteiger partial charge in [0.1, 0.15) is 5.75 Å². The van der Waals surface area contributed by atoms with Crippen LogP contribution in [0, 0.1) is 6.92 Å². The third-order valence-corrected chi connectivity index (χ3v) is 2.61. The molecule has 0 saturated heterocycles. The highest BCUT2D eigenvalue weighted by atomic mass is 16.5. The predicted molar refractivity (Wildman–Crippen MR) is 83.7 cm³/mol. The van der Waals surface area contributed by atoms with Crippen molar-refractivity contribution in [2.75, 3.05) is 0 Å². The van der Waals surface area contributed by atoms with Crippen LogP contribution in [-0.2, 0) is 0 Å². The van der Waals surface area contributed by atoms with Crippen LogP contribution in [0.25, 0.3) is 11.1 Å². The molecule has 0 N–H and O–H groups in total. The van der Waals surface area contributed by atoms with Crippen molar-refractivity contribution in [3.63, 3.8) is 0 Å². The third kappa shape index (κ3) is 4.78. The largest absolute Gasteiger partial charge is 0.491 e. The SMILES string of the molecule is CC.Cc1ccc(-c2ccc(OC(C)C)cc2)cc1. The fraction of sp³-hybridized carbons (Fsp3) is 0.333. The summed E-state index contributed by atoms with van der Waals surface area (Å²) < 4.78 is 5.62. The van der Waals surface area contributed by atoms with E-state index in [1.165, 1.54) is 16.7 Å². The van der Waals surface area contributed by atoms with E-state index in [2.05, 4.69) is 43.3 Å². The Balaban J connectivity index is 0.000000861. The van der Waals surface area contributed by atoms with Crippen molar-refractivity contribution in [2.45, 2.75) is 40.7 Å². The molecule has 0 spiro atoms. The van der Waals surface area contributed by atoms with E-state index in [0.717, 1.165) is 5.75 Å². The Morgan fingerprint density at radius 3 is 1.58 bits per heavy atom. The molecular weight excluding hydrogens is 232 g/mol. The van der Waals surface area contributed by atoms with E-state index in [0.29, 0.717) is 0 Å². The molecular formula is C18H24O. The minimum Gasteiger partial charge on any atom is -0.491 e. The van der Waals surface area contributed by atoms with E-state index in [1.54, 1.807) is 0 Å². The average molecular weight is 256 g/mol. The molecule has 2 aromatic rings. The van der Waals surface area contributed by atoms with Gasteiger partial charge in [0, 0.05) is 0 Å². The van der Waals surface area contributed by atoms with Crippen LogP contribution in [0.1, 0.15) is 33.3 Å². The van der Waals surface area contributed by atoms with E-state index < -0.39 is 0 Å². The molecule has 1 nitrogen and oxygen atoms in total. The first-order valence-corrected chi connectivity index (χ1v) is 6.99. The van der Waals surface area contributed by atoms with E-state index in [-0.39, 0.29) is 6.10 Å². The Morgan fingerprint density at radius 2 is 1.16 bits per heavy atom. The van der Waals surface area contributed by atoms with Gasteiger partial charge in [0.2, 0.25) is 0 Å². The van der Waals surface area contributed by atoms with Crippen LogP contribution in [0.4, 0.5) is 0 Å². The summed E-state index contributed by atoms with van der Waals surface area (Å²) in [6.07, 6.45) is 0.222. The molecule has 0 heterocycles. The molecule has 0 atom stereocenters. The lowest BCUT2D eigenvalue weighted by Gasteiger charge is -2.10. The van der Waals surface area contributed by atoms with Crippen molar-refractivity contribution >= 4 is 0 Å². The highest BCUT2D eigenvalue weighted by Crippen LogP contribution is 2.23. The molecule has 0 aliphatic heterocycles. The number of ether oxygens (including phenoxy) is 1. The highest BCUT2D eigenvalue weighted by molar-refractivity contribution is 5.64. The number of benzene rings is 2. The second kappa shape index (κ2) is 7.63. The molecule has 0 aromatic heterocycles. The van der Waals surface area contributed by atoms with Gasteiger partial charge in [0.15, 0.2) is 0 Å². The van der Waals surface area contributed by atoms with Gasteiger partial charge in [-0.15, -0.1) is 0 Å². The van der Waals surface area contributed by atoms with Crippen LogP contribution in [0.3, 0.4) is 0 Å². The summed E-state index contributed by atoms with van der Waals surface area (Å²) in [5, 5.41) is 0. The maximum Gasteiger partial charge on any atom is 0.119 e. The van der Waals surface area contributed by atoms with E-state index in [1.807, 2.05) is 39.8 Å². The average Bonchev–Trinajstić information content (AvgIpc) is 2.42. The number of rotatable bonds is 3. The summed E-state index contributed by atoms with van der Waals surface area (Å²) in [4.78, 5) is 0. The van der Waals surface area contributed by atoms with Gasteiger partial charge in [0.05, 0.1) is 6.10 Å². The minimum atomic E-state index is 0.222. The van der Waals surface area contributed by atoms with Crippen molar-refractivity contribution in [3.05, 3.63) is 54.1 Å². The fourth-order valence-corrected chi connectivity index (χ4v) is 1.74. The third-order valence-electron chi connectivity index (χ3n) is 2.61. The monoisotopic (exact) mass is 256 g/mol. The maximum absolute atomic E-state index is 5.62. The Labute approximate surface area is 117 Å². The molecule has 19 heavy (non-hydrogen) atoms. The van der Waals surface area contributed by atoms with Crippen molar-refractivity contribution < 1.29 is 4.74 Å². The van der Waals surface area contributed by atoms with Crippen LogP contribution in [0.5, 0.6) is 5.75 Å². The Hall–Kier alpha value is -1.76. The second-order valence-corrected chi connectivity index (χ2v) is 4.56. The van der Waals surface area contributed by atoms with Crippen LogP contribution in [-0.4, -0.2) is 6.10 Å². The van der Waals surface area contributed by atoms with E-state index in [9.17, 15) is 0 Å². The Kier molecular flexibility index (Phi) is 6.14. The Morgan fingerprint density at radius 1 is 0.737 bits per heavy atom.